The molecule has 4 atom stereocenters. The Hall–Kier alpha value is -1.66. The molecule has 0 fully saturated rings. The molecule has 1 aromatic carbocycles. The lowest BCUT2D eigenvalue weighted by molar-refractivity contribution is -0.149. The summed E-state index contributed by atoms with van der Waals surface area (Å²) in [5.74, 6) is -0.990. The maximum atomic E-state index is 13.5. The minimum absolute atomic E-state index is 0.190. The molecule has 118 valence electrons. The number of nitrogens with two attached hydrogens (primary N) is 1. The molecule has 0 amide bonds. The first kappa shape index (κ1) is 16.7. The molecule has 3 N–H and O–H groups in total. The van der Waals surface area contributed by atoms with Crippen LogP contribution in [0.3, 0.4) is 0 Å². The molecular formula is C16H18BrFN2O2. The van der Waals surface area contributed by atoms with Crippen LogP contribution >= 0.6 is 15.9 Å². The van der Waals surface area contributed by atoms with E-state index in [0.717, 1.165) is 5.56 Å². The molecule has 1 aliphatic rings. The van der Waals surface area contributed by atoms with Crippen LogP contribution in [0.5, 0.6) is 0 Å². The van der Waals surface area contributed by atoms with Gasteiger partial charge in [-0.2, -0.15) is 0 Å². The molecule has 4 nitrogen and oxygen atoms in total. The van der Waals surface area contributed by atoms with Gasteiger partial charge in [-0.3, -0.25) is 10.1 Å². The van der Waals surface area contributed by atoms with Crippen LogP contribution in [-0.4, -0.2) is 23.1 Å². The third kappa shape index (κ3) is 4.42. The van der Waals surface area contributed by atoms with Crippen molar-refractivity contribution < 1.29 is 13.9 Å². The fraction of sp³-hybridized carbons (Fsp3) is 0.312. The van der Waals surface area contributed by atoms with Gasteiger partial charge in [0.15, 0.2) is 6.30 Å². The fourth-order valence-corrected chi connectivity index (χ4v) is 2.90. The van der Waals surface area contributed by atoms with Gasteiger partial charge in [0, 0.05) is 6.04 Å². The summed E-state index contributed by atoms with van der Waals surface area (Å²) in [6, 6.07) is 8.93. The molecule has 0 aliphatic carbocycles. The van der Waals surface area contributed by atoms with E-state index in [2.05, 4.69) is 21.2 Å². The average Bonchev–Trinajstić information content (AvgIpc) is 2.53. The highest BCUT2D eigenvalue weighted by molar-refractivity contribution is 9.09. The first-order chi connectivity index (χ1) is 10.6. The van der Waals surface area contributed by atoms with Crippen molar-refractivity contribution in [1.82, 2.24) is 5.32 Å². The minimum Gasteiger partial charge on any atom is -0.460 e. The predicted molar refractivity (Wildman–Crippen MR) is 86.7 cm³/mol. The van der Waals surface area contributed by atoms with E-state index in [0.29, 0.717) is 0 Å². The fourth-order valence-electron chi connectivity index (χ4n) is 2.25. The smallest absolute Gasteiger partial charge is 0.314 e. The highest BCUT2D eigenvalue weighted by atomic mass is 79.9. The van der Waals surface area contributed by atoms with E-state index in [1.54, 1.807) is 6.08 Å². The summed E-state index contributed by atoms with van der Waals surface area (Å²) in [6.45, 7) is 0.190. The minimum atomic E-state index is -1.30. The van der Waals surface area contributed by atoms with Crippen molar-refractivity contribution in [3.8, 4) is 0 Å². The Kier molecular flexibility index (Phi) is 6.15. The zero-order chi connectivity index (χ0) is 15.9. The van der Waals surface area contributed by atoms with Crippen LogP contribution in [0.4, 0.5) is 4.39 Å². The van der Waals surface area contributed by atoms with Gasteiger partial charge in [-0.15, -0.1) is 0 Å². The Morgan fingerprint density at radius 3 is 2.82 bits per heavy atom. The second kappa shape index (κ2) is 8.10. The van der Waals surface area contributed by atoms with E-state index >= 15 is 0 Å². The van der Waals surface area contributed by atoms with E-state index in [9.17, 15) is 9.18 Å². The summed E-state index contributed by atoms with van der Waals surface area (Å²) < 4.78 is 18.8. The molecule has 1 aliphatic heterocycles. The van der Waals surface area contributed by atoms with Crippen molar-refractivity contribution in [2.24, 2.45) is 11.7 Å². The lowest BCUT2D eigenvalue weighted by Crippen LogP contribution is -2.50. The number of hydrogen-bond donors (Lipinski definition) is 2. The van der Waals surface area contributed by atoms with Gasteiger partial charge in [-0.05, 0) is 17.8 Å². The van der Waals surface area contributed by atoms with Crippen molar-refractivity contribution in [2.75, 3.05) is 0 Å². The van der Waals surface area contributed by atoms with Crippen LogP contribution in [-0.2, 0) is 16.1 Å². The number of alkyl halides is 2. The number of esters is 1. The number of carbonyl (C=O) groups is 1. The summed E-state index contributed by atoms with van der Waals surface area (Å²) in [7, 11) is 0. The molecule has 1 aromatic rings. The van der Waals surface area contributed by atoms with E-state index in [-0.39, 0.29) is 11.4 Å². The number of halogens is 2. The summed E-state index contributed by atoms with van der Waals surface area (Å²) >= 11 is 3.39. The van der Waals surface area contributed by atoms with E-state index < -0.39 is 24.2 Å². The molecule has 2 rings (SSSR count). The number of hydrogen-bond acceptors (Lipinski definition) is 4. The Morgan fingerprint density at radius 1 is 1.41 bits per heavy atom. The van der Waals surface area contributed by atoms with Gasteiger partial charge in [0.25, 0.3) is 0 Å². The van der Waals surface area contributed by atoms with Crippen LogP contribution in [0.1, 0.15) is 5.56 Å². The quantitative estimate of drug-likeness (QED) is 0.362. The molecule has 1 heterocycles. The van der Waals surface area contributed by atoms with Gasteiger partial charge in [0.1, 0.15) is 6.61 Å². The third-order valence-electron chi connectivity index (χ3n) is 3.36. The third-order valence-corrected chi connectivity index (χ3v) is 4.23. The second-order valence-corrected chi connectivity index (χ2v) is 5.98. The number of nitrogens with one attached hydrogen (secondary N) is 1. The van der Waals surface area contributed by atoms with Crippen molar-refractivity contribution in [2.45, 2.75) is 23.8 Å². The molecule has 22 heavy (non-hydrogen) atoms. The Morgan fingerprint density at radius 2 is 2.14 bits per heavy atom. The highest BCUT2D eigenvalue weighted by Gasteiger charge is 2.35. The lowest BCUT2D eigenvalue weighted by Gasteiger charge is -2.31. The first-order valence-electron chi connectivity index (χ1n) is 6.93. The maximum absolute atomic E-state index is 13.5. The molecule has 0 saturated heterocycles. The lowest BCUT2D eigenvalue weighted by atomic mass is 9.93. The van der Waals surface area contributed by atoms with Crippen molar-refractivity contribution in [1.29, 1.82) is 0 Å². The van der Waals surface area contributed by atoms with E-state index in [1.165, 1.54) is 18.4 Å². The Labute approximate surface area is 137 Å². The van der Waals surface area contributed by atoms with Gasteiger partial charge in [0.2, 0.25) is 0 Å². The van der Waals surface area contributed by atoms with Crippen LogP contribution in [0, 0.1) is 5.92 Å². The van der Waals surface area contributed by atoms with Crippen molar-refractivity contribution in [3.63, 3.8) is 0 Å². The summed E-state index contributed by atoms with van der Waals surface area (Å²) in [5, 5.41) is 2.72. The zero-order valence-corrected chi connectivity index (χ0v) is 13.4. The summed E-state index contributed by atoms with van der Waals surface area (Å²) in [4.78, 5) is 12.0. The van der Waals surface area contributed by atoms with Crippen molar-refractivity contribution >= 4 is 21.9 Å². The van der Waals surface area contributed by atoms with Crippen LogP contribution in [0.25, 0.3) is 0 Å². The first-order valence-corrected chi connectivity index (χ1v) is 7.85. The number of rotatable bonds is 5. The molecule has 0 bridgehead atoms. The average molecular weight is 369 g/mol. The standard InChI is InChI=1S/C16H18BrFN2O2/c17-13(8-9-19)15-12(6-7-14(18)20-15)16(21)22-10-11-4-2-1-3-5-11/h1-9,12-15,20H,10,19H2/b9-8-/t12?,13?,14-,15?/m0/s1. The Balaban J connectivity index is 2.03. The molecule has 0 aromatic heterocycles. The number of ether oxygens (including phenoxy) is 1. The van der Waals surface area contributed by atoms with Crippen molar-refractivity contribution in [3.05, 3.63) is 60.3 Å². The monoisotopic (exact) mass is 368 g/mol. The zero-order valence-electron chi connectivity index (χ0n) is 11.9. The maximum Gasteiger partial charge on any atom is 0.314 e. The topological polar surface area (TPSA) is 64.3 Å². The highest BCUT2D eigenvalue weighted by Crippen LogP contribution is 2.23. The predicted octanol–water partition coefficient (Wildman–Crippen LogP) is 2.41. The molecule has 0 saturated carbocycles. The molecule has 3 unspecified atom stereocenters. The van der Waals surface area contributed by atoms with Gasteiger partial charge in [0.05, 0.1) is 10.7 Å². The Bertz CT molecular complexity index is 550. The largest absolute Gasteiger partial charge is 0.460 e. The SMILES string of the molecule is N/C=C\C(Br)C1N[C@H](F)C=CC1C(=O)OCc1ccccc1. The van der Waals surface area contributed by atoms with E-state index in [1.807, 2.05) is 30.3 Å². The molecule has 0 spiro atoms. The summed E-state index contributed by atoms with van der Waals surface area (Å²) in [6.07, 6.45) is 4.57. The van der Waals surface area contributed by atoms with Gasteiger partial charge < -0.3 is 10.5 Å². The van der Waals surface area contributed by atoms with Crippen LogP contribution in [0.15, 0.2) is 54.8 Å². The summed E-state index contributed by atoms with van der Waals surface area (Å²) in [5.41, 5.74) is 6.26. The molecule has 6 heteroatoms. The molecule has 0 radical (unpaired) electrons. The normalized spacial score (nSPS) is 26.0. The number of benzene rings is 1. The van der Waals surface area contributed by atoms with Crippen LogP contribution < -0.4 is 11.1 Å². The van der Waals surface area contributed by atoms with Crippen LogP contribution in [0.2, 0.25) is 0 Å². The second-order valence-electron chi connectivity index (χ2n) is 4.93. The van der Waals surface area contributed by atoms with Gasteiger partial charge in [-0.25, -0.2) is 4.39 Å². The molecular weight excluding hydrogens is 351 g/mol. The van der Waals surface area contributed by atoms with Gasteiger partial charge >= 0.3 is 5.97 Å². The van der Waals surface area contributed by atoms with E-state index in [4.69, 9.17) is 10.5 Å². The van der Waals surface area contributed by atoms with Gasteiger partial charge in [-0.1, -0.05) is 58.4 Å². The number of carbonyl (C=O) groups excluding carboxylic acids is 1.